The summed E-state index contributed by atoms with van der Waals surface area (Å²) in [6, 6.07) is -0.109. The molecule has 3 aliphatic rings. The highest BCUT2D eigenvalue weighted by Gasteiger charge is 2.53. The van der Waals surface area contributed by atoms with Gasteiger partial charge in [-0.1, -0.05) is 13.8 Å². The van der Waals surface area contributed by atoms with Gasteiger partial charge in [0.2, 0.25) is 5.91 Å². The van der Waals surface area contributed by atoms with Crippen LogP contribution in [-0.2, 0) is 45.4 Å². The summed E-state index contributed by atoms with van der Waals surface area (Å²) in [6.07, 6.45) is 6.88. The molecule has 0 aromatic carbocycles. The van der Waals surface area contributed by atoms with Gasteiger partial charge in [0.05, 0.1) is 11.8 Å². The summed E-state index contributed by atoms with van der Waals surface area (Å²) >= 11 is 1.38. The van der Waals surface area contributed by atoms with Crippen LogP contribution in [0.25, 0.3) is 12.2 Å². The van der Waals surface area contributed by atoms with Gasteiger partial charge in [-0.25, -0.2) is 4.99 Å². The van der Waals surface area contributed by atoms with Crippen LogP contribution >= 0.6 is 0 Å². The van der Waals surface area contributed by atoms with Crippen molar-refractivity contribution in [3.05, 3.63) is 67.5 Å². The molecule has 0 spiro atoms. The summed E-state index contributed by atoms with van der Waals surface area (Å²) in [5, 5.41) is 33.8. The number of rotatable bonds is 11. The van der Waals surface area contributed by atoms with E-state index in [9.17, 15) is 29.7 Å². The second-order valence-corrected chi connectivity index (χ2v) is 13.4. The third kappa shape index (κ3) is 6.29. The number of aromatic amines is 2. The first-order chi connectivity index (χ1) is 20.9. The lowest BCUT2D eigenvalue weighted by Crippen LogP contribution is -2.31. The van der Waals surface area contributed by atoms with Crippen LogP contribution in [-0.4, -0.2) is 65.8 Å². The zero-order valence-electron chi connectivity index (χ0n) is 25.7. The van der Waals surface area contributed by atoms with E-state index >= 15 is 0 Å². The Morgan fingerprint density at radius 2 is 1.80 bits per heavy atom. The minimum atomic E-state index is -0.893. The summed E-state index contributed by atoms with van der Waals surface area (Å²) in [5.41, 5.74) is 7.47. The van der Waals surface area contributed by atoms with E-state index in [2.05, 4.69) is 26.4 Å². The predicted molar refractivity (Wildman–Crippen MR) is 172 cm³/mol. The maximum absolute atomic E-state index is 12.6. The molecular formula is C33H41N4O6S+. The standard InChI is InChI=1S/C33H40N4O6S/c1-6-19-15(2)24(36-33(19)43)11-22-16(3)20(7-9-29(38)39)25(34-22)13-26-21(8-10-30(40)41)17(4)23(35-26)12-27-31(28-14-44-28)18(5)32(42)37-27/h9,12-13,18,27-28,31,34-35,38-39H,6-8,10-11,14H2,1-5H3,(H,37,42)(H,40,41)/p+1/b23-12+,26-13-/t18-,27?,28-,31-/m1/s1. The molecule has 2 aromatic heterocycles. The highest BCUT2D eigenvalue weighted by atomic mass is 32.2. The average molecular weight is 622 g/mol. The number of thiol groups is 1. The van der Waals surface area contributed by atoms with Crippen LogP contribution < -0.4 is 16.0 Å². The van der Waals surface area contributed by atoms with Gasteiger partial charge in [-0.05, 0) is 91.8 Å². The largest absolute Gasteiger partial charge is 0.481 e. The fourth-order valence-corrected chi connectivity index (χ4v) is 7.64. The first kappa shape index (κ1) is 31.4. The Morgan fingerprint density at radius 3 is 2.41 bits per heavy atom. The number of hydrogen-bond acceptors (Lipinski definition) is 5. The highest BCUT2D eigenvalue weighted by molar-refractivity contribution is 7.86. The molecule has 6 N–H and O–H groups in total. The Hall–Kier alpha value is -3.99. The fourth-order valence-electron chi connectivity index (χ4n) is 6.59. The van der Waals surface area contributed by atoms with Crippen molar-refractivity contribution in [1.29, 1.82) is 0 Å². The number of H-pyrrole nitrogens is 2. The zero-order valence-corrected chi connectivity index (χ0v) is 26.6. The Kier molecular flexibility index (Phi) is 8.97. The van der Waals surface area contributed by atoms with Crippen LogP contribution in [0, 0.1) is 25.7 Å². The van der Waals surface area contributed by atoms with Crippen molar-refractivity contribution in [2.75, 3.05) is 5.75 Å². The van der Waals surface area contributed by atoms with E-state index in [0.717, 1.165) is 61.2 Å². The summed E-state index contributed by atoms with van der Waals surface area (Å²) in [6.45, 7) is 9.75. The number of carboxylic acids is 1. The Balaban J connectivity index is 1.61. The van der Waals surface area contributed by atoms with Gasteiger partial charge in [0.15, 0.2) is 11.0 Å². The molecule has 0 bridgehead atoms. The van der Waals surface area contributed by atoms with Crippen molar-refractivity contribution >= 4 is 47.4 Å². The van der Waals surface area contributed by atoms with Crippen LogP contribution in [0.5, 0.6) is 0 Å². The van der Waals surface area contributed by atoms with E-state index in [1.807, 2.05) is 40.7 Å². The maximum atomic E-state index is 12.6. The fraction of sp³-hybridized carbons (Fsp3) is 0.455. The SMILES string of the molecule is CCC1=C(C)C(Cc2[nH]c(/C=c3\[nH]/c(=C/C4NC(=O)[C@H](C)[C@H]4[C@H]4C[SH+]4)c(C)c3CCC(=O)O)c(CC=C(O)O)c2C)=NC1=O. The third-order valence-electron chi connectivity index (χ3n) is 9.31. The molecule has 3 aliphatic heterocycles. The molecule has 234 valence electrons. The smallest absolute Gasteiger partial charge is 0.303 e. The van der Waals surface area contributed by atoms with Gasteiger partial charge in [0, 0.05) is 58.4 Å². The normalized spacial score (nSPS) is 23.9. The Bertz CT molecular complexity index is 1740. The van der Waals surface area contributed by atoms with Crippen LogP contribution in [0.1, 0.15) is 67.3 Å². The quantitative estimate of drug-likeness (QED) is 0.0974. The number of carbonyl (C=O) groups is 3. The van der Waals surface area contributed by atoms with Gasteiger partial charge in [0.1, 0.15) is 0 Å². The minimum absolute atomic E-state index is 0.0397. The topological polar surface area (TPSA) is 168 Å². The number of carbonyl (C=O) groups excluding carboxylic acids is 2. The first-order valence-electron chi connectivity index (χ1n) is 15.1. The predicted octanol–water partition coefficient (Wildman–Crippen LogP) is 2.28. The molecule has 0 aliphatic carbocycles. The number of aliphatic imine (C=N–C) groups is 1. The van der Waals surface area contributed by atoms with E-state index in [1.54, 1.807) is 0 Å². The van der Waals surface area contributed by atoms with E-state index in [-0.39, 0.29) is 42.5 Å². The number of amides is 2. The van der Waals surface area contributed by atoms with Crippen molar-refractivity contribution in [2.24, 2.45) is 16.8 Å². The lowest BCUT2D eigenvalue weighted by Gasteiger charge is -2.12. The molecule has 0 saturated carbocycles. The monoisotopic (exact) mass is 621 g/mol. The molecule has 2 saturated heterocycles. The summed E-state index contributed by atoms with van der Waals surface area (Å²) < 4.78 is 0. The first-order valence-corrected chi connectivity index (χ1v) is 16.2. The number of aromatic nitrogens is 2. The van der Waals surface area contributed by atoms with E-state index < -0.39 is 11.9 Å². The number of hydrogen-bond donors (Lipinski definition) is 6. The number of aliphatic hydroxyl groups excluding tert-OH is 1. The molecule has 1 unspecified atom stereocenters. The second-order valence-electron chi connectivity index (χ2n) is 12.0. The van der Waals surface area contributed by atoms with E-state index in [1.165, 1.54) is 17.8 Å². The molecule has 4 atom stereocenters. The van der Waals surface area contributed by atoms with Crippen molar-refractivity contribution in [2.45, 2.75) is 78.0 Å². The number of aliphatic hydroxyl groups is 2. The zero-order chi connectivity index (χ0) is 31.9. The Morgan fingerprint density at radius 1 is 1.07 bits per heavy atom. The third-order valence-corrected chi connectivity index (χ3v) is 10.4. The van der Waals surface area contributed by atoms with Gasteiger partial charge in [-0.3, -0.25) is 14.4 Å². The lowest BCUT2D eigenvalue weighted by atomic mass is 9.89. The van der Waals surface area contributed by atoms with E-state index in [4.69, 9.17) is 0 Å². The summed E-state index contributed by atoms with van der Waals surface area (Å²) in [7, 11) is 0. The van der Waals surface area contributed by atoms with Crippen LogP contribution in [0.15, 0.2) is 28.2 Å². The van der Waals surface area contributed by atoms with E-state index in [0.29, 0.717) is 30.2 Å². The molecule has 2 aromatic rings. The van der Waals surface area contributed by atoms with Crippen molar-refractivity contribution in [3.8, 4) is 0 Å². The van der Waals surface area contributed by atoms with Gasteiger partial charge < -0.3 is 30.6 Å². The molecule has 2 amide bonds. The number of aliphatic carboxylic acids is 1. The molecule has 5 rings (SSSR count). The Labute approximate surface area is 260 Å². The number of nitrogens with one attached hydrogen (secondary N) is 3. The molecule has 10 nitrogen and oxygen atoms in total. The number of carboxylic acid groups (broad SMARTS) is 1. The summed E-state index contributed by atoms with van der Waals surface area (Å²) in [4.78, 5) is 47.8. The molecule has 2 fully saturated rings. The molecular weight excluding hydrogens is 580 g/mol. The average Bonchev–Trinajstić information content (AvgIpc) is 3.53. The van der Waals surface area contributed by atoms with Gasteiger partial charge in [0.25, 0.3) is 11.9 Å². The number of nitrogens with zero attached hydrogens (tertiary/aromatic N) is 1. The molecule has 11 heteroatoms. The van der Waals surface area contributed by atoms with Crippen LogP contribution in [0.4, 0.5) is 0 Å². The molecule has 5 heterocycles. The van der Waals surface area contributed by atoms with Gasteiger partial charge >= 0.3 is 5.97 Å². The van der Waals surface area contributed by atoms with Gasteiger partial charge in [-0.15, -0.1) is 0 Å². The lowest BCUT2D eigenvalue weighted by molar-refractivity contribution is -0.137. The molecule has 44 heavy (non-hydrogen) atoms. The van der Waals surface area contributed by atoms with Gasteiger partial charge in [-0.2, -0.15) is 0 Å². The summed E-state index contributed by atoms with van der Waals surface area (Å²) in [5.74, 6) is -0.548. The maximum Gasteiger partial charge on any atom is 0.303 e. The number of allylic oxidation sites excluding steroid dienone is 2. The van der Waals surface area contributed by atoms with Crippen molar-refractivity contribution < 1.29 is 29.7 Å². The van der Waals surface area contributed by atoms with Crippen molar-refractivity contribution in [3.63, 3.8) is 0 Å². The second kappa shape index (κ2) is 12.6. The minimum Gasteiger partial charge on any atom is -0.481 e. The van der Waals surface area contributed by atoms with Crippen molar-refractivity contribution in [1.82, 2.24) is 15.3 Å². The van der Waals surface area contributed by atoms with Crippen LogP contribution in [0.3, 0.4) is 0 Å². The molecule has 0 radical (unpaired) electrons. The van der Waals surface area contributed by atoms with Crippen LogP contribution in [0.2, 0.25) is 0 Å². The highest BCUT2D eigenvalue weighted by Crippen LogP contribution is 2.35.